The van der Waals surface area contributed by atoms with E-state index in [0.29, 0.717) is 12.6 Å². The molecule has 1 aliphatic rings. The maximum atomic E-state index is 12.1. The van der Waals surface area contributed by atoms with Crippen LogP contribution < -0.4 is 16.0 Å². The second kappa shape index (κ2) is 10.7. The standard InChI is InChI=1S/C19H24N6O.HI/c1-20-19(24-16-7-2-3-8-16)21-13-15-6-4-9-17(12-15)23-18(26)14-25-11-5-10-22-25;/h2-6,9-12,16H,7-8,13-14H2,1H3,(H,23,26)(H2,20,21,24);1H. The molecule has 0 unspecified atom stereocenters. The first-order valence-electron chi connectivity index (χ1n) is 8.71. The maximum Gasteiger partial charge on any atom is 0.246 e. The summed E-state index contributed by atoms with van der Waals surface area (Å²) >= 11 is 0. The van der Waals surface area contributed by atoms with E-state index in [2.05, 4.69) is 38.2 Å². The van der Waals surface area contributed by atoms with Crippen LogP contribution in [0.15, 0.2) is 59.9 Å². The van der Waals surface area contributed by atoms with Gasteiger partial charge in [0.2, 0.25) is 5.91 Å². The number of guanidine groups is 1. The van der Waals surface area contributed by atoms with Gasteiger partial charge in [0.05, 0.1) is 0 Å². The highest BCUT2D eigenvalue weighted by Gasteiger charge is 2.11. The molecule has 0 bridgehead atoms. The first-order chi connectivity index (χ1) is 12.7. The molecule has 0 fully saturated rings. The predicted octanol–water partition coefficient (Wildman–Crippen LogP) is 2.52. The van der Waals surface area contributed by atoms with Gasteiger partial charge in [-0.25, -0.2) is 0 Å². The third-order valence-electron chi connectivity index (χ3n) is 4.11. The van der Waals surface area contributed by atoms with Gasteiger partial charge in [-0.2, -0.15) is 5.10 Å². The highest BCUT2D eigenvalue weighted by molar-refractivity contribution is 14.0. The van der Waals surface area contributed by atoms with E-state index in [0.717, 1.165) is 30.1 Å². The van der Waals surface area contributed by atoms with Gasteiger partial charge < -0.3 is 16.0 Å². The minimum Gasteiger partial charge on any atom is -0.353 e. The van der Waals surface area contributed by atoms with Crippen LogP contribution in [-0.4, -0.2) is 34.7 Å². The normalized spacial score (nSPS) is 13.9. The summed E-state index contributed by atoms with van der Waals surface area (Å²) in [7, 11) is 1.77. The number of nitrogens with one attached hydrogen (secondary N) is 3. The fourth-order valence-corrected chi connectivity index (χ4v) is 2.81. The largest absolute Gasteiger partial charge is 0.353 e. The zero-order valence-corrected chi connectivity index (χ0v) is 17.6. The molecule has 0 radical (unpaired) electrons. The summed E-state index contributed by atoms with van der Waals surface area (Å²) in [5.41, 5.74) is 1.83. The van der Waals surface area contributed by atoms with Gasteiger partial charge in [-0.1, -0.05) is 24.3 Å². The second-order valence-electron chi connectivity index (χ2n) is 6.16. The molecule has 1 heterocycles. The molecule has 0 saturated heterocycles. The molecule has 0 atom stereocenters. The molecule has 8 heteroatoms. The third-order valence-corrected chi connectivity index (χ3v) is 4.11. The SMILES string of the molecule is CN=C(NCc1cccc(NC(=O)Cn2cccn2)c1)NC1CC=CC1.I. The average molecular weight is 480 g/mol. The highest BCUT2D eigenvalue weighted by Crippen LogP contribution is 2.11. The fraction of sp³-hybridized carbons (Fsp3) is 0.316. The number of carbonyl (C=O) groups excluding carboxylic acids is 1. The smallest absolute Gasteiger partial charge is 0.246 e. The Labute approximate surface area is 176 Å². The monoisotopic (exact) mass is 480 g/mol. The summed E-state index contributed by atoms with van der Waals surface area (Å²) < 4.78 is 1.59. The van der Waals surface area contributed by atoms with Crippen molar-refractivity contribution in [2.45, 2.75) is 32.0 Å². The van der Waals surface area contributed by atoms with E-state index in [4.69, 9.17) is 0 Å². The van der Waals surface area contributed by atoms with E-state index in [1.165, 1.54) is 0 Å². The van der Waals surface area contributed by atoms with Gasteiger partial charge in [0.15, 0.2) is 5.96 Å². The first kappa shape index (κ1) is 20.9. The summed E-state index contributed by atoms with van der Waals surface area (Å²) in [6, 6.07) is 9.98. The lowest BCUT2D eigenvalue weighted by Gasteiger charge is -2.17. The minimum atomic E-state index is -0.106. The molecule has 144 valence electrons. The molecular formula is C19H25IN6O. The number of hydrogen-bond acceptors (Lipinski definition) is 3. The van der Waals surface area contributed by atoms with Crippen molar-refractivity contribution in [1.82, 2.24) is 20.4 Å². The Bertz CT molecular complexity index is 779. The molecule has 27 heavy (non-hydrogen) atoms. The Morgan fingerprint density at radius 2 is 2.11 bits per heavy atom. The summed E-state index contributed by atoms with van der Waals surface area (Å²) in [6.07, 6.45) is 9.83. The lowest BCUT2D eigenvalue weighted by molar-refractivity contribution is -0.116. The van der Waals surface area contributed by atoms with E-state index in [1.807, 2.05) is 24.3 Å². The van der Waals surface area contributed by atoms with Crippen LogP contribution >= 0.6 is 24.0 Å². The molecule has 3 rings (SSSR count). The van der Waals surface area contributed by atoms with Gasteiger partial charge in [-0.05, 0) is 36.6 Å². The summed E-state index contributed by atoms with van der Waals surface area (Å²) in [5, 5.41) is 13.7. The molecular weight excluding hydrogens is 455 g/mol. The zero-order valence-electron chi connectivity index (χ0n) is 15.3. The number of carbonyl (C=O) groups is 1. The number of anilines is 1. The number of amides is 1. The Morgan fingerprint density at radius 1 is 1.30 bits per heavy atom. The van der Waals surface area contributed by atoms with Crippen molar-refractivity contribution in [3.8, 4) is 0 Å². The molecule has 0 aliphatic heterocycles. The molecule has 7 nitrogen and oxygen atoms in total. The third kappa shape index (κ3) is 6.70. The van der Waals surface area contributed by atoms with Crippen LogP contribution in [0.3, 0.4) is 0 Å². The van der Waals surface area contributed by atoms with Crippen molar-refractivity contribution in [1.29, 1.82) is 0 Å². The average Bonchev–Trinajstić information content (AvgIpc) is 3.32. The lowest BCUT2D eigenvalue weighted by atomic mass is 10.2. The number of rotatable bonds is 6. The fourth-order valence-electron chi connectivity index (χ4n) is 2.81. The molecule has 1 aromatic heterocycles. The van der Waals surface area contributed by atoms with Crippen LogP contribution in [0.2, 0.25) is 0 Å². The maximum absolute atomic E-state index is 12.1. The van der Waals surface area contributed by atoms with Crippen molar-refractivity contribution in [2.24, 2.45) is 4.99 Å². The van der Waals surface area contributed by atoms with Crippen LogP contribution in [0, 0.1) is 0 Å². The van der Waals surface area contributed by atoms with Crippen LogP contribution in [-0.2, 0) is 17.9 Å². The molecule has 1 aliphatic carbocycles. The molecule has 1 amide bonds. The van der Waals surface area contributed by atoms with Gasteiger partial charge in [0.25, 0.3) is 0 Å². The second-order valence-corrected chi connectivity index (χ2v) is 6.16. The van der Waals surface area contributed by atoms with Crippen molar-refractivity contribution in [3.63, 3.8) is 0 Å². The van der Waals surface area contributed by atoms with Crippen LogP contribution in [0.4, 0.5) is 5.69 Å². The zero-order chi connectivity index (χ0) is 18.2. The molecule has 2 aromatic rings. The van der Waals surface area contributed by atoms with Gasteiger partial charge in [-0.15, -0.1) is 24.0 Å². The molecule has 3 N–H and O–H groups in total. The number of hydrogen-bond donors (Lipinski definition) is 3. The molecule has 1 aromatic carbocycles. The van der Waals surface area contributed by atoms with E-state index in [1.54, 1.807) is 30.2 Å². The Balaban J connectivity index is 0.00000261. The Morgan fingerprint density at radius 3 is 2.81 bits per heavy atom. The van der Waals surface area contributed by atoms with E-state index >= 15 is 0 Å². The Kier molecular flexibility index (Phi) is 8.31. The van der Waals surface area contributed by atoms with E-state index in [9.17, 15) is 4.79 Å². The van der Waals surface area contributed by atoms with Crippen molar-refractivity contribution in [2.75, 3.05) is 12.4 Å². The van der Waals surface area contributed by atoms with Crippen LogP contribution in [0.5, 0.6) is 0 Å². The minimum absolute atomic E-state index is 0. The van der Waals surface area contributed by atoms with Crippen LogP contribution in [0.25, 0.3) is 0 Å². The number of benzene rings is 1. The van der Waals surface area contributed by atoms with Gasteiger partial charge in [0.1, 0.15) is 6.54 Å². The lowest BCUT2D eigenvalue weighted by Crippen LogP contribution is -2.42. The van der Waals surface area contributed by atoms with Crippen molar-refractivity contribution in [3.05, 3.63) is 60.4 Å². The Hall–Kier alpha value is -2.36. The molecule has 0 saturated carbocycles. The van der Waals surface area contributed by atoms with Crippen molar-refractivity contribution < 1.29 is 4.79 Å². The van der Waals surface area contributed by atoms with E-state index in [-0.39, 0.29) is 36.4 Å². The van der Waals surface area contributed by atoms with Gasteiger partial charge in [0, 0.05) is 37.7 Å². The number of aromatic nitrogens is 2. The topological polar surface area (TPSA) is 83.3 Å². The quantitative estimate of drug-likeness (QED) is 0.257. The number of aliphatic imine (C=N–C) groups is 1. The van der Waals surface area contributed by atoms with Gasteiger partial charge >= 0.3 is 0 Å². The van der Waals surface area contributed by atoms with E-state index < -0.39 is 0 Å². The number of halogens is 1. The first-order valence-corrected chi connectivity index (χ1v) is 8.71. The summed E-state index contributed by atoms with van der Waals surface area (Å²) in [4.78, 5) is 16.3. The summed E-state index contributed by atoms with van der Waals surface area (Å²) in [6.45, 7) is 0.824. The summed E-state index contributed by atoms with van der Waals surface area (Å²) in [5.74, 6) is 0.678. The number of nitrogens with zero attached hydrogens (tertiary/aromatic N) is 3. The predicted molar refractivity (Wildman–Crippen MR) is 118 cm³/mol. The highest BCUT2D eigenvalue weighted by atomic mass is 127. The van der Waals surface area contributed by atoms with Gasteiger partial charge in [-0.3, -0.25) is 14.5 Å². The van der Waals surface area contributed by atoms with Crippen LogP contribution in [0.1, 0.15) is 18.4 Å². The van der Waals surface area contributed by atoms with Crippen molar-refractivity contribution >= 4 is 41.5 Å². The molecule has 0 spiro atoms.